The van der Waals surface area contributed by atoms with E-state index in [2.05, 4.69) is 25.2 Å². The second kappa shape index (κ2) is 5.41. The van der Waals surface area contributed by atoms with Crippen molar-refractivity contribution in [3.63, 3.8) is 0 Å². The summed E-state index contributed by atoms with van der Waals surface area (Å²) in [4.78, 5) is 0. The van der Waals surface area contributed by atoms with Gasteiger partial charge in [0.2, 0.25) is 0 Å². The van der Waals surface area contributed by atoms with Gasteiger partial charge in [0.25, 0.3) is 0 Å². The molecular formula is C14H21NO2. The normalized spacial score (nSPS) is 22.1. The SMILES string of the molecule is CCCNC1c2cc(OC)ccc2OC1CC. The van der Waals surface area contributed by atoms with Gasteiger partial charge < -0.3 is 14.8 Å². The second-order valence-corrected chi connectivity index (χ2v) is 4.40. The average Bonchev–Trinajstić information content (AvgIpc) is 2.73. The first-order valence-electron chi connectivity index (χ1n) is 6.38. The molecule has 0 saturated heterocycles. The van der Waals surface area contributed by atoms with Crippen LogP contribution in [0.2, 0.25) is 0 Å². The van der Waals surface area contributed by atoms with Gasteiger partial charge in [-0.2, -0.15) is 0 Å². The van der Waals surface area contributed by atoms with Gasteiger partial charge in [-0.25, -0.2) is 0 Å². The quantitative estimate of drug-likeness (QED) is 0.851. The van der Waals surface area contributed by atoms with Crippen LogP contribution in [0.4, 0.5) is 0 Å². The Hall–Kier alpha value is -1.22. The summed E-state index contributed by atoms with van der Waals surface area (Å²) < 4.78 is 11.2. The number of rotatable bonds is 5. The van der Waals surface area contributed by atoms with E-state index in [9.17, 15) is 0 Å². The van der Waals surface area contributed by atoms with Crippen LogP contribution in [0.3, 0.4) is 0 Å². The monoisotopic (exact) mass is 235 g/mol. The van der Waals surface area contributed by atoms with Crippen LogP contribution in [0, 0.1) is 0 Å². The summed E-state index contributed by atoms with van der Waals surface area (Å²) in [5.74, 6) is 1.89. The molecule has 1 aliphatic heterocycles. The van der Waals surface area contributed by atoms with Crippen molar-refractivity contribution >= 4 is 0 Å². The predicted molar refractivity (Wildman–Crippen MR) is 68.7 cm³/mol. The van der Waals surface area contributed by atoms with Crippen LogP contribution in [0.5, 0.6) is 11.5 Å². The molecule has 2 unspecified atom stereocenters. The molecule has 0 spiro atoms. The van der Waals surface area contributed by atoms with Crippen molar-refractivity contribution in [3.05, 3.63) is 23.8 Å². The zero-order valence-corrected chi connectivity index (χ0v) is 10.8. The summed E-state index contributed by atoms with van der Waals surface area (Å²) in [6.07, 6.45) is 2.38. The predicted octanol–water partition coefficient (Wildman–Crippen LogP) is 2.91. The van der Waals surface area contributed by atoms with Gasteiger partial charge in [0, 0.05) is 5.56 Å². The van der Waals surface area contributed by atoms with Crippen molar-refractivity contribution in [3.8, 4) is 11.5 Å². The van der Waals surface area contributed by atoms with E-state index in [-0.39, 0.29) is 6.10 Å². The van der Waals surface area contributed by atoms with E-state index in [1.807, 2.05) is 12.1 Å². The highest BCUT2D eigenvalue weighted by Gasteiger charge is 2.32. The molecule has 3 heteroatoms. The summed E-state index contributed by atoms with van der Waals surface area (Å²) in [6.45, 7) is 5.35. The smallest absolute Gasteiger partial charge is 0.125 e. The zero-order chi connectivity index (χ0) is 12.3. The Morgan fingerprint density at radius 3 is 2.82 bits per heavy atom. The number of benzene rings is 1. The summed E-state index contributed by atoms with van der Waals surface area (Å²) in [5.41, 5.74) is 1.23. The van der Waals surface area contributed by atoms with Crippen LogP contribution in [0.1, 0.15) is 38.3 Å². The van der Waals surface area contributed by atoms with Crippen LogP contribution >= 0.6 is 0 Å². The highest BCUT2D eigenvalue weighted by Crippen LogP contribution is 2.39. The van der Waals surface area contributed by atoms with E-state index in [0.29, 0.717) is 6.04 Å². The van der Waals surface area contributed by atoms with Gasteiger partial charge in [-0.05, 0) is 37.6 Å². The number of nitrogens with one attached hydrogen (secondary N) is 1. The number of ether oxygens (including phenoxy) is 2. The molecule has 17 heavy (non-hydrogen) atoms. The molecule has 0 amide bonds. The fourth-order valence-electron chi connectivity index (χ4n) is 2.30. The van der Waals surface area contributed by atoms with Crippen LogP contribution in [0.25, 0.3) is 0 Å². The van der Waals surface area contributed by atoms with Crippen LogP contribution in [-0.2, 0) is 0 Å². The molecule has 0 fully saturated rings. The van der Waals surface area contributed by atoms with Gasteiger partial charge >= 0.3 is 0 Å². The summed E-state index contributed by atoms with van der Waals surface area (Å²) >= 11 is 0. The number of hydrogen-bond acceptors (Lipinski definition) is 3. The lowest BCUT2D eigenvalue weighted by Gasteiger charge is -2.18. The van der Waals surface area contributed by atoms with Crippen molar-refractivity contribution in [1.82, 2.24) is 5.32 Å². The molecule has 1 aromatic rings. The molecule has 0 radical (unpaired) electrons. The minimum absolute atomic E-state index is 0.239. The van der Waals surface area contributed by atoms with E-state index in [4.69, 9.17) is 9.47 Å². The van der Waals surface area contributed by atoms with Crippen molar-refractivity contribution in [2.45, 2.75) is 38.8 Å². The maximum absolute atomic E-state index is 5.95. The maximum Gasteiger partial charge on any atom is 0.125 e. The number of hydrogen-bond donors (Lipinski definition) is 1. The third kappa shape index (κ3) is 2.39. The Morgan fingerprint density at radius 2 is 2.18 bits per heavy atom. The van der Waals surface area contributed by atoms with Crippen molar-refractivity contribution in [2.24, 2.45) is 0 Å². The lowest BCUT2D eigenvalue weighted by Crippen LogP contribution is -2.31. The van der Waals surface area contributed by atoms with Crippen molar-refractivity contribution < 1.29 is 9.47 Å². The lowest BCUT2D eigenvalue weighted by molar-refractivity contribution is 0.185. The van der Waals surface area contributed by atoms with Crippen molar-refractivity contribution in [1.29, 1.82) is 0 Å². The first kappa shape index (κ1) is 12.2. The molecule has 0 bridgehead atoms. The third-order valence-electron chi connectivity index (χ3n) is 3.22. The molecule has 0 aliphatic carbocycles. The first-order valence-corrected chi connectivity index (χ1v) is 6.38. The first-order chi connectivity index (χ1) is 8.30. The largest absolute Gasteiger partial charge is 0.497 e. The highest BCUT2D eigenvalue weighted by molar-refractivity contribution is 5.45. The molecule has 0 saturated carbocycles. The number of fused-ring (bicyclic) bond motifs is 1. The van der Waals surface area contributed by atoms with Crippen LogP contribution in [-0.4, -0.2) is 19.8 Å². The van der Waals surface area contributed by atoms with E-state index < -0.39 is 0 Å². The Balaban J connectivity index is 2.24. The third-order valence-corrected chi connectivity index (χ3v) is 3.22. The van der Waals surface area contributed by atoms with Crippen LogP contribution < -0.4 is 14.8 Å². The molecular weight excluding hydrogens is 214 g/mol. The number of methoxy groups -OCH3 is 1. The van der Waals surface area contributed by atoms with Gasteiger partial charge in [-0.3, -0.25) is 0 Å². The van der Waals surface area contributed by atoms with E-state index in [0.717, 1.165) is 30.9 Å². The molecule has 1 N–H and O–H groups in total. The minimum Gasteiger partial charge on any atom is -0.497 e. The Morgan fingerprint density at radius 1 is 1.35 bits per heavy atom. The summed E-state index contributed by atoms with van der Waals surface area (Å²) in [5, 5.41) is 3.56. The molecule has 2 rings (SSSR count). The van der Waals surface area contributed by atoms with Crippen molar-refractivity contribution in [2.75, 3.05) is 13.7 Å². The topological polar surface area (TPSA) is 30.5 Å². The van der Waals surface area contributed by atoms with Crippen LogP contribution in [0.15, 0.2) is 18.2 Å². The molecule has 1 aliphatic rings. The zero-order valence-electron chi connectivity index (χ0n) is 10.8. The minimum atomic E-state index is 0.239. The molecule has 3 nitrogen and oxygen atoms in total. The lowest BCUT2D eigenvalue weighted by atomic mass is 10.0. The molecule has 1 heterocycles. The van der Waals surface area contributed by atoms with E-state index in [1.165, 1.54) is 5.56 Å². The molecule has 0 aromatic heterocycles. The maximum atomic E-state index is 5.95. The fraction of sp³-hybridized carbons (Fsp3) is 0.571. The molecule has 2 atom stereocenters. The van der Waals surface area contributed by atoms with Gasteiger partial charge in [0.15, 0.2) is 0 Å². The van der Waals surface area contributed by atoms with Gasteiger partial charge in [0.05, 0.1) is 13.2 Å². The Kier molecular flexibility index (Phi) is 3.89. The van der Waals surface area contributed by atoms with Gasteiger partial charge in [-0.1, -0.05) is 13.8 Å². The Bertz CT molecular complexity index is 378. The van der Waals surface area contributed by atoms with Gasteiger partial charge in [-0.15, -0.1) is 0 Å². The standard InChI is InChI=1S/C14H21NO2/c1-4-8-15-14-11-9-10(16-3)6-7-13(11)17-12(14)5-2/h6-7,9,12,14-15H,4-5,8H2,1-3H3. The average molecular weight is 235 g/mol. The van der Waals surface area contributed by atoms with E-state index >= 15 is 0 Å². The molecule has 1 aromatic carbocycles. The molecule has 94 valence electrons. The second-order valence-electron chi connectivity index (χ2n) is 4.40. The summed E-state index contributed by atoms with van der Waals surface area (Å²) in [6, 6.07) is 6.33. The van der Waals surface area contributed by atoms with E-state index in [1.54, 1.807) is 7.11 Å². The summed E-state index contributed by atoms with van der Waals surface area (Å²) in [7, 11) is 1.70. The Labute approximate surface area is 103 Å². The highest BCUT2D eigenvalue weighted by atomic mass is 16.5. The van der Waals surface area contributed by atoms with Gasteiger partial charge in [0.1, 0.15) is 17.6 Å². The fourth-order valence-corrected chi connectivity index (χ4v) is 2.30.